The van der Waals surface area contributed by atoms with E-state index in [2.05, 4.69) is 26.6 Å². The van der Waals surface area contributed by atoms with Crippen molar-refractivity contribution < 1.29 is 14.6 Å². The Morgan fingerprint density at radius 3 is 2.85 bits per heavy atom. The lowest BCUT2D eigenvalue weighted by Crippen LogP contribution is -2.39. The maximum absolute atomic E-state index is 12.0. The van der Waals surface area contributed by atoms with Crippen LogP contribution in [0.15, 0.2) is 22.7 Å². The number of halogens is 1. The Hall–Kier alpha value is -1.18. The highest BCUT2D eigenvalue weighted by molar-refractivity contribution is 9.10. The first-order chi connectivity index (χ1) is 9.58. The summed E-state index contributed by atoms with van der Waals surface area (Å²) >= 11 is 8.34. The van der Waals surface area contributed by atoms with Gasteiger partial charge in [0, 0.05) is 18.7 Å². The molecule has 20 heavy (non-hydrogen) atoms. The standard InChI is InChI=1S/C13H17BrN2O3S/c1-2-19-11-5-4-9(8-10(11)14)12(18)16-13(20)15-6-3-7-17/h4-5,8,17H,2-3,6-7H2,1H3,(H2,15,16,18,20). The van der Waals surface area contributed by atoms with E-state index in [1.807, 2.05) is 6.92 Å². The summed E-state index contributed by atoms with van der Waals surface area (Å²) < 4.78 is 6.09. The number of benzene rings is 1. The summed E-state index contributed by atoms with van der Waals surface area (Å²) in [6.07, 6.45) is 0.574. The van der Waals surface area contributed by atoms with Gasteiger partial charge in [0.25, 0.3) is 5.91 Å². The van der Waals surface area contributed by atoms with Crippen LogP contribution < -0.4 is 15.4 Å². The molecule has 0 aliphatic heterocycles. The minimum absolute atomic E-state index is 0.0788. The monoisotopic (exact) mass is 360 g/mol. The second-order valence-electron chi connectivity index (χ2n) is 3.87. The number of rotatable bonds is 6. The second-order valence-corrected chi connectivity index (χ2v) is 5.13. The van der Waals surface area contributed by atoms with Crippen molar-refractivity contribution >= 4 is 39.2 Å². The summed E-state index contributed by atoms with van der Waals surface area (Å²) in [7, 11) is 0. The Bertz CT molecular complexity index is 483. The first-order valence-electron chi connectivity index (χ1n) is 6.20. The zero-order valence-corrected chi connectivity index (χ0v) is 13.5. The number of carbonyl (C=O) groups is 1. The highest BCUT2D eigenvalue weighted by Gasteiger charge is 2.10. The molecule has 0 heterocycles. The number of nitrogens with one attached hydrogen (secondary N) is 2. The van der Waals surface area contributed by atoms with E-state index in [4.69, 9.17) is 22.1 Å². The van der Waals surface area contributed by atoms with Gasteiger partial charge in [-0.15, -0.1) is 0 Å². The van der Waals surface area contributed by atoms with Crippen molar-refractivity contribution in [2.45, 2.75) is 13.3 Å². The molecule has 0 aromatic heterocycles. The number of ether oxygens (including phenoxy) is 1. The van der Waals surface area contributed by atoms with Crippen molar-refractivity contribution in [3.63, 3.8) is 0 Å². The Kier molecular flexibility index (Phi) is 7.50. The largest absolute Gasteiger partial charge is 0.493 e. The number of amides is 1. The fourth-order valence-corrected chi connectivity index (χ4v) is 2.10. The molecule has 0 atom stereocenters. The molecule has 0 unspecified atom stereocenters. The summed E-state index contributed by atoms with van der Waals surface area (Å²) in [5, 5.41) is 14.3. The van der Waals surface area contributed by atoms with E-state index in [0.29, 0.717) is 35.4 Å². The van der Waals surface area contributed by atoms with Gasteiger partial charge in [-0.1, -0.05) is 0 Å². The van der Waals surface area contributed by atoms with Gasteiger partial charge >= 0.3 is 0 Å². The fourth-order valence-electron chi connectivity index (χ4n) is 1.42. The third-order valence-electron chi connectivity index (χ3n) is 2.34. The first-order valence-corrected chi connectivity index (χ1v) is 7.41. The SMILES string of the molecule is CCOc1ccc(C(=O)NC(=S)NCCCO)cc1Br. The summed E-state index contributed by atoms with van der Waals surface area (Å²) in [6, 6.07) is 5.07. The molecule has 5 nitrogen and oxygen atoms in total. The molecule has 0 radical (unpaired) electrons. The van der Waals surface area contributed by atoms with Crippen molar-refractivity contribution in [1.29, 1.82) is 0 Å². The molecule has 7 heteroatoms. The molecule has 0 fully saturated rings. The predicted molar refractivity (Wildman–Crippen MR) is 85.1 cm³/mol. The van der Waals surface area contributed by atoms with Crippen LogP contribution >= 0.6 is 28.1 Å². The Morgan fingerprint density at radius 1 is 1.50 bits per heavy atom. The molecule has 1 amide bonds. The van der Waals surface area contributed by atoms with E-state index in [0.717, 1.165) is 0 Å². The topological polar surface area (TPSA) is 70.6 Å². The summed E-state index contributed by atoms with van der Waals surface area (Å²) in [4.78, 5) is 12.0. The normalized spacial score (nSPS) is 9.95. The number of thiocarbonyl (C=S) groups is 1. The second kappa shape index (κ2) is 8.89. The van der Waals surface area contributed by atoms with Gasteiger partial charge in [-0.2, -0.15) is 0 Å². The number of hydrogen-bond acceptors (Lipinski definition) is 4. The van der Waals surface area contributed by atoms with E-state index in [1.54, 1.807) is 18.2 Å². The first kappa shape index (κ1) is 16.9. The Labute approximate surface area is 131 Å². The number of hydrogen-bond donors (Lipinski definition) is 3. The highest BCUT2D eigenvalue weighted by atomic mass is 79.9. The molecule has 3 N–H and O–H groups in total. The van der Waals surface area contributed by atoms with Gasteiger partial charge in [-0.25, -0.2) is 0 Å². The Morgan fingerprint density at radius 2 is 2.25 bits per heavy atom. The molecule has 1 aromatic carbocycles. The molecule has 0 aliphatic rings. The molecule has 0 aliphatic carbocycles. The van der Waals surface area contributed by atoms with Gasteiger partial charge in [0.15, 0.2) is 5.11 Å². The van der Waals surface area contributed by atoms with Gasteiger partial charge in [0.1, 0.15) is 5.75 Å². The molecular weight excluding hydrogens is 344 g/mol. The zero-order chi connectivity index (χ0) is 15.0. The molecule has 0 saturated carbocycles. The van der Waals surface area contributed by atoms with Crippen molar-refractivity contribution in [3.8, 4) is 5.75 Å². The van der Waals surface area contributed by atoms with Gasteiger partial charge in [0.2, 0.25) is 0 Å². The number of aliphatic hydroxyl groups is 1. The van der Waals surface area contributed by atoms with Crippen LogP contribution in [0.2, 0.25) is 0 Å². The third-order valence-corrected chi connectivity index (χ3v) is 3.21. The zero-order valence-electron chi connectivity index (χ0n) is 11.1. The van der Waals surface area contributed by atoms with Crippen LogP contribution in [0.1, 0.15) is 23.7 Å². The molecule has 1 rings (SSSR count). The average Bonchev–Trinajstić information content (AvgIpc) is 2.41. The number of aliphatic hydroxyl groups excluding tert-OH is 1. The van der Waals surface area contributed by atoms with Gasteiger partial charge in [-0.05, 0) is 59.7 Å². The van der Waals surface area contributed by atoms with Crippen LogP contribution in [-0.4, -0.2) is 35.9 Å². The highest BCUT2D eigenvalue weighted by Crippen LogP contribution is 2.25. The number of carbonyl (C=O) groups excluding carboxylic acids is 1. The minimum atomic E-state index is -0.296. The maximum Gasteiger partial charge on any atom is 0.257 e. The summed E-state index contributed by atoms with van der Waals surface area (Å²) in [5.74, 6) is 0.392. The van der Waals surface area contributed by atoms with Crippen molar-refractivity contribution in [2.24, 2.45) is 0 Å². The summed E-state index contributed by atoms with van der Waals surface area (Å²) in [5.41, 5.74) is 0.478. The van der Waals surface area contributed by atoms with Crippen molar-refractivity contribution in [3.05, 3.63) is 28.2 Å². The van der Waals surface area contributed by atoms with Crippen molar-refractivity contribution in [2.75, 3.05) is 19.8 Å². The van der Waals surface area contributed by atoms with Crippen LogP contribution in [0.3, 0.4) is 0 Å². The van der Waals surface area contributed by atoms with Crippen molar-refractivity contribution in [1.82, 2.24) is 10.6 Å². The lowest BCUT2D eigenvalue weighted by molar-refractivity contribution is 0.0976. The molecule has 1 aromatic rings. The maximum atomic E-state index is 12.0. The molecular formula is C13H17BrN2O3S. The van der Waals surface area contributed by atoms with E-state index in [1.165, 1.54) is 0 Å². The lowest BCUT2D eigenvalue weighted by Gasteiger charge is -2.10. The predicted octanol–water partition coefficient (Wildman–Crippen LogP) is 1.83. The van der Waals surface area contributed by atoms with Gasteiger partial charge in [0.05, 0.1) is 11.1 Å². The van der Waals surface area contributed by atoms with Crippen LogP contribution in [0.4, 0.5) is 0 Å². The third kappa shape index (κ3) is 5.44. The molecule has 0 bridgehead atoms. The van der Waals surface area contributed by atoms with Crippen LogP contribution in [0, 0.1) is 0 Å². The van der Waals surface area contributed by atoms with E-state index in [-0.39, 0.29) is 17.6 Å². The van der Waals surface area contributed by atoms with E-state index < -0.39 is 0 Å². The fraction of sp³-hybridized carbons (Fsp3) is 0.385. The minimum Gasteiger partial charge on any atom is -0.493 e. The molecule has 110 valence electrons. The van der Waals surface area contributed by atoms with Gasteiger partial charge < -0.3 is 15.2 Å². The average molecular weight is 361 g/mol. The lowest BCUT2D eigenvalue weighted by atomic mass is 10.2. The van der Waals surface area contributed by atoms with Gasteiger partial charge in [-0.3, -0.25) is 10.1 Å². The smallest absolute Gasteiger partial charge is 0.257 e. The Balaban J connectivity index is 2.59. The quantitative estimate of drug-likeness (QED) is 0.533. The van der Waals surface area contributed by atoms with Crippen LogP contribution in [0.5, 0.6) is 5.75 Å². The van der Waals surface area contributed by atoms with E-state index in [9.17, 15) is 4.79 Å². The molecule has 0 saturated heterocycles. The molecule has 0 spiro atoms. The summed E-state index contributed by atoms with van der Waals surface area (Å²) in [6.45, 7) is 3.05. The van der Waals surface area contributed by atoms with Crippen LogP contribution in [0.25, 0.3) is 0 Å². The van der Waals surface area contributed by atoms with Crippen LogP contribution in [-0.2, 0) is 0 Å². The van der Waals surface area contributed by atoms with E-state index >= 15 is 0 Å².